The SMILES string of the molecule is CC(=CC(=O)Nc1ccc(CC(=O)NCCO)cc1)c1ccc(F)cc1. The number of benzene rings is 2. The van der Waals surface area contributed by atoms with Crippen LogP contribution >= 0.6 is 0 Å². The van der Waals surface area contributed by atoms with E-state index in [1.165, 1.54) is 18.2 Å². The van der Waals surface area contributed by atoms with Crippen LogP contribution in [-0.2, 0) is 16.0 Å². The molecule has 0 bridgehead atoms. The second-order valence-corrected chi connectivity index (χ2v) is 5.77. The second kappa shape index (κ2) is 9.48. The lowest BCUT2D eigenvalue weighted by Gasteiger charge is -2.07. The Morgan fingerprint density at radius 1 is 1.08 bits per heavy atom. The molecular weight excluding hydrogens is 335 g/mol. The van der Waals surface area contributed by atoms with Crippen molar-refractivity contribution >= 4 is 23.1 Å². The Bertz CT molecular complexity index is 784. The quantitative estimate of drug-likeness (QED) is 0.667. The summed E-state index contributed by atoms with van der Waals surface area (Å²) in [6, 6.07) is 12.9. The number of anilines is 1. The molecule has 6 heteroatoms. The highest BCUT2D eigenvalue weighted by atomic mass is 19.1. The number of allylic oxidation sites excluding steroid dienone is 1. The second-order valence-electron chi connectivity index (χ2n) is 5.77. The predicted molar refractivity (Wildman–Crippen MR) is 98.9 cm³/mol. The van der Waals surface area contributed by atoms with Crippen molar-refractivity contribution < 1.29 is 19.1 Å². The van der Waals surface area contributed by atoms with Gasteiger partial charge in [0.2, 0.25) is 11.8 Å². The summed E-state index contributed by atoms with van der Waals surface area (Å²) in [5.41, 5.74) is 2.90. The number of aliphatic hydroxyl groups excluding tert-OH is 1. The number of rotatable bonds is 7. The zero-order valence-corrected chi connectivity index (χ0v) is 14.5. The van der Waals surface area contributed by atoms with Gasteiger partial charge < -0.3 is 15.7 Å². The molecule has 0 aliphatic rings. The first-order valence-electron chi connectivity index (χ1n) is 8.19. The fourth-order valence-corrected chi connectivity index (χ4v) is 2.32. The van der Waals surface area contributed by atoms with Gasteiger partial charge in [0.05, 0.1) is 13.0 Å². The molecule has 0 aliphatic heterocycles. The third-order valence-electron chi connectivity index (χ3n) is 3.67. The van der Waals surface area contributed by atoms with Crippen LogP contribution in [0.3, 0.4) is 0 Å². The van der Waals surface area contributed by atoms with Gasteiger partial charge in [-0.05, 0) is 47.9 Å². The number of amides is 2. The fraction of sp³-hybridized carbons (Fsp3) is 0.200. The van der Waals surface area contributed by atoms with Gasteiger partial charge in [-0.15, -0.1) is 0 Å². The van der Waals surface area contributed by atoms with E-state index in [1.807, 2.05) is 0 Å². The number of hydrogen-bond donors (Lipinski definition) is 3. The van der Waals surface area contributed by atoms with Crippen LogP contribution in [0.15, 0.2) is 54.6 Å². The number of nitrogens with one attached hydrogen (secondary N) is 2. The molecule has 0 spiro atoms. The average molecular weight is 356 g/mol. The zero-order valence-electron chi connectivity index (χ0n) is 14.5. The van der Waals surface area contributed by atoms with Crippen molar-refractivity contribution in [3.63, 3.8) is 0 Å². The van der Waals surface area contributed by atoms with Crippen LogP contribution in [-0.4, -0.2) is 30.1 Å². The molecule has 0 heterocycles. The Morgan fingerprint density at radius 3 is 2.35 bits per heavy atom. The Balaban J connectivity index is 1.93. The lowest BCUT2D eigenvalue weighted by molar-refractivity contribution is -0.120. The van der Waals surface area contributed by atoms with Crippen molar-refractivity contribution in [3.05, 3.63) is 71.6 Å². The van der Waals surface area contributed by atoms with E-state index in [-0.39, 0.29) is 37.2 Å². The molecule has 2 rings (SSSR count). The number of carbonyl (C=O) groups is 2. The van der Waals surface area contributed by atoms with Gasteiger partial charge in [0, 0.05) is 18.3 Å². The van der Waals surface area contributed by atoms with Crippen molar-refractivity contribution in [1.82, 2.24) is 5.32 Å². The predicted octanol–water partition coefficient (Wildman–Crippen LogP) is 2.52. The summed E-state index contributed by atoms with van der Waals surface area (Å²) in [6.07, 6.45) is 1.65. The van der Waals surface area contributed by atoms with Gasteiger partial charge in [-0.3, -0.25) is 9.59 Å². The highest BCUT2D eigenvalue weighted by Crippen LogP contribution is 2.15. The molecule has 26 heavy (non-hydrogen) atoms. The largest absolute Gasteiger partial charge is 0.395 e. The number of hydrogen-bond acceptors (Lipinski definition) is 3. The number of carbonyl (C=O) groups excluding carboxylic acids is 2. The Hall–Kier alpha value is -2.99. The van der Waals surface area contributed by atoms with Crippen LogP contribution in [0.2, 0.25) is 0 Å². The molecule has 3 N–H and O–H groups in total. The van der Waals surface area contributed by atoms with E-state index < -0.39 is 0 Å². The number of halogens is 1. The van der Waals surface area contributed by atoms with E-state index in [2.05, 4.69) is 10.6 Å². The molecule has 5 nitrogen and oxygen atoms in total. The van der Waals surface area contributed by atoms with Crippen molar-refractivity contribution in [2.75, 3.05) is 18.5 Å². The van der Waals surface area contributed by atoms with Gasteiger partial charge in [0.15, 0.2) is 0 Å². The van der Waals surface area contributed by atoms with Crippen molar-refractivity contribution in [1.29, 1.82) is 0 Å². The van der Waals surface area contributed by atoms with Gasteiger partial charge in [-0.1, -0.05) is 24.3 Å². The van der Waals surface area contributed by atoms with Crippen LogP contribution in [0, 0.1) is 5.82 Å². The summed E-state index contributed by atoms with van der Waals surface area (Å²) >= 11 is 0. The van der Waals surface area contributed by atoms with Crippen LogP contribution in [0.4, 0.5) is 10.1 Å². The lowest BCUT2D eigenvalue weighted by Crippen LogP contribution is -2.27. The average Bonchev–Trinajstić information content (AvgIpc) is 2.62. The molecule has 0 unspecified atom stereocenters. The highest BCUT2D eigenvalue weighted by molar-refractivity contribution is 6.03. The summed E-state index contributed by atoms with van der Waals surface area (Å²) in [4.78, 5) is 23.7. The normalized spacial score (nSPS) is 11.1. The molecular formula is C20H21FN2O3. The van der Waals surface area contributed by atoms with Gasteiger partial charge in [0.25, 0.3) is 0 Å². The van der Waals surface area contributed by atoms with Crippen LogP contribution in [0.1, 0.15) is 18.1 Å². The topological polar surface area (TPSA) is 78.4 Å². The minimum absolute atomic E-state index is 0.0957. The molecule has 0 aliphatic carbocycles. The van der Waals surface area contributed by atoms with Crippen molar-refractivity contribution in [3.8, 4) is 0 Å². The molecule has 2 aromatic carbocycles. The summed E-state index contributed by atoms with van der Waals surface area (Å²) < 4.78 is 12.9. The van der Waals surface area contributed by atoms with Crippen LogP contribution in [0.25, 0.3) is 5.57 Å². The lowest BCUT2D eigenvalue weighted by atomic mass is 10.1. The molecule has 136 valence electrons. The van der Waals surface area contributed by atoms with Gasteiger partial charge in [-0.25, -0.2) is 4.39 Å². The summed E-state index contributed by atoms with van der Waals surface area (Å²) in [5.74, 6) is -0.787. The smallest absolute Gasteiger partial charge is 0.248 e. The third kappa shape index (κ3) is 6.14. The van der Waals surface area contributed by atoms with Gasteiger partial charge in [0.1, 0.15) is 5.82 Å². The van der Waals surface area contributed by atoms with E-state index in [9.17, 15) is 14.0 Å². The first kappa shape index (κ1) is 19.3. The van der Waals surface area contributed by atoms with Crippen molar-refractivity contribution in [2.45, 2.75) is 13.3 Å². The summed E-state index contributed by atoms with van der Waals surface area (Å²) in [7, 11) is 0. The van der Waals surface area contributed by atoms with E-state index in [0.717, 1.165) is 16.7 Å². The maximum Gasteiger partial charge on any atom is 0.248 e. The highest BCUT2D eigenvalue weighted by Gasteiger charge is 2.05. The van der Waals surface area contributed by atoms with E-state index in [1.54, 1.807) is 43.3 Å². The van der Waals surface area contributed by atoms with Crippen molar-refractivity contribution in [2.24, 2.45) is 0 Å². The molecule has 0 fully saturated rings. The minimum Gasteiger partial charge on any atom is -0.395 e. The van der Waals surface area contributed by atoms with Crippen LogP contribution in [0.5, 0.6) is 0 Å². The summed E-state index contributed by atoms with van der Waals surface area (Å²) in [6.45, 7) is 1.91. The molecule has 2 amide bonds. The fourth-order valence-electron chi connectivity index (χ4n) is 2.32. The van der Waals surface area contributed by atoms with Crippen LogP contribution < -0.4 is 10.6 Å². The Morgan fingerprint density at radius 2 is 1.73 bits per heavy atom. The van der Waals surface area contributed by atoms with E-state index in [4.69, 9.17) is 5.11 Å². The van der Waals surface area contributed by atoms with Gasteiger partial charge in [-0.2, -0.15) is 0 Å². The minimum atomic E-state index is -0.323. The molecule has 0 saturated carbocycles. The third-order valence-corrected chi connectivity index (χ3v) is 3.67. The van der Waals surface area contributed by atoms with E-state index >= 15 is 0 Å². The Kier molecular flexibility index (Phi) is 7.05. The molecule has 2 aromatic rings. The molecule has 0 aromatic heterocycles. The number of aliphatic hydroxyl groups is 1. The summed E-state index contributed by atoms with van der Waals surface area (Å²) in [5, 5.41) is 14.0. The zero-order chi connectivity index (χ0) is 18.9. The van der Waals surface area contributed by atoms with Gasteiger partial charge >= 0.3 is 0 Å². The molecule has 0 radical (unpaired) electrons. The first-order valence-corrected chi connectivity index (χ1v) is 8.19. The van der Waals surface area contributed by atoms with E-state index in [0.29, 0.717) is 5.69 Å². The first-order chi connectivity index (χ1) is 12.5. The standard InChI is InChI=1S/C20H21FN2O3/c1-14(16-4-6-17(21)7-5-16)12-20(26)23-18-8-2-15(3-9-18)13-19(25)22-10-11-24/h2-9,12,24H,10-11,13H2,1H3,(H,22,25)(H,23,26). The monoisotopic (exact) mass is 356 g/mol. The maximum absolute atomic E-state index is 12.9. The molecule has 0 saturated heterocycles. The Labute approximate surface area is 151 Å². The maximum atomic E-state index is 12.9. The molecule has 0 atom stereocenters.